The van der Waals surface area contributed by atoms with E-state index in [9.17, 15) is 13.2 Å². The van der Waals surface area contributed by atoms with Crippen molar-refractivity contribution in [1.29, 1.82) is 0 Å². The van der Waals surface area contributed by atoms with Gasteiger partial charge in [-0.05, 0) is 40.8 Å². The van der Waals surface area contributed by atoms with E-state index in [0.29, 0.717) is 0 Å². The lowest BCUT2D eigenvalue weighted by atomic mass is 9.95. The van der Waals surface area contributed by atoms with Crippen LogP contribution in [0.4, 0.5) is 13.2 Å². The molecular weight excluding hydrogens is 323 g/mol. The molecule has 2 N–H and O–H groups in total. The normalized spacial score (nSPS) is 13.3. The van der Waals surface area contributed by atoms with Crippen LogP contribution in [0.3, 0.4) is 0 Å². The highest BCUT2D eigenvalue weighted by molar-refractivity contribution is 5.86. The van der Waals surface area contributed by atoms with Gasteiger partial charge >= 0.3 is 6.18 Å². The van der Waals surface area contributed by atoms with Crippen molar-refractivity contribution in [2.45, 2.75) is 70.5 Å². The Morgan fingerprint density at radius 3 is 2.28 bits per heavy atom. The van der Waals surface area contributed by atoms with Crippen molar-refractivity contribution in [3.8, 4) is 0 Å². The van der Waals surface area contributed by atoms with E-state index in [1.54, 1.807) is 12.1 Å². The van der Waals surface area contributed by atoms with E-state index in [4.69, 9.17) is 5.73 Å². The third-order valence-electron chi connectivity index (χ3n) is 4.76. The molecule has 2 aromatic rings. The highest BCUT2D eigenvalue weighted by atomic mass is 19.4. The van der Waals surface area contributed by atoms with Crippen LogP contribution in [0.25, 0.3) is 10.8 Å². The molecule has 0 fully saturated rings. The lowest BCUT2D eigenvalue weighted by Gasteiger charge is -2.17. The number of rotatable bonds is 9. The number of halogens is 3. The van der Waals surface area contributed by atoms with Crippen molar-refractivity contribution in [3.63, 3.8) is 0 Å². The molecule has 0 spiro atoms. The molecule has 2 rings (SSSR count). The van der Waals surface area contributed by atoms with Crippen LogP contribution in [-0.2, 0) is 6.42 Å². The molecule has 0 amide bonds. The van der Waals surface area contributed by atoms with Crippen LogP contribution in [0.5, 0.6) is 0 Å². The molecule has 0 unspecified atom stereocenters. The van der Waals surface area contributed by atoms with E-state index in [0.717, 1.165) is 29.2 Å². The van der Waals surface area contributed by atoms with E-state index in [-0.39, 0.29) is 5.56 Å². The van der Waals surface area contributed by atoms with E-state index in [1.807, 2.05) is 18.2 Å². The standard InChI is InChI=1S/C21H28F3N/c1-2-3-4-5-6-7-8-10-16-11-9-12-17-13-14-18(15-19(16)17)20(25)21(22,23)24/h9,11-15,20H,2-8,10,25H2,1H3/t20-/m0/s1. The molecule has 0 radical (unpaired) electrons. The maximum atomic E-state index is 12.9. The second-order valence-corrected chi connectivity index (χ2v) is 6.79. The number of unbranched alkanes of at least 4 members (excludes halogenated alkanes) is 6. The Bertz CT molecular complexity index is 664. The smallest absolute Gasteiger partial charge is 0.316 e. The average Bonchev–Trinajstić information content (AvgIpc) is 2.59. The Labute approximate surface area is 148 Å². The van der Waals surface area contributed by atoms with Gasteiger partial charge in [-0.3, -0.25) is 0 Å². The summed E-state index contributed by atoms with van der Waals surface area (Å²) in [5, 5.41) is 1.87. The van der Waals surface area contributed by atoms with Crippen LogP contribution in [0, 0.1) is 0 Å². The molecule has 0 heterocycles. The zero-order chi connectivity index (χ0) is 18.3. The third kappa shape index (κ3) is 5.74. The van der Waals surface area contributed by atoms with E-state index < -0.39 is 12.2 Å². The van der Waals surface area contributed by atoms with Gasteiger partial charge < -0.3 is 5.73 Å². The summed E-state index contributed by atoms with van der Waals surface area (Å²) >= 11 is 0. The molecule has 0 saturated heterocycles. The summed E-state index contributed by atoms with van der Waals surface area (Å²) in [6, 6.07) is 8.84. The molecule has 4 heteroatoms. The largest absolute Gasteiger partial charge is 0.407 e. The molecule has 0 saturated carbocycles. The topological polar surface area (TPSA) is 26.0 Å². The van der Waals surface area contributed by atoms with Crippen molar-refractivity contribution in [2.24, 2.45) is 5.73 Å². The van der Waals surface area contributed by atoms with Crippen LogP contribution in [-0.4, -0.2) is 6.18 Å². The number of hydrogen-bond acceptors (Lipinski definition) is 1. The Morgan fingerprint density at radius 2 is 1.60 bits per heavy atom. The summed E-state index contributed by atoms with van der Waals surface area (Å²) < 4.78 is 38.7. The molecule has 25 heavy (non-hydrogen) atoms. The summed E-state index contributed by atoms with van der Waals surface area (Å²) in [5.74, 6) is 0. The monoisotopic (exact) mass is 351 g/mol. The van der Waals surface area contributed by atoms with Crippen LogP contribution >= 0.6 is 0 Å². The van der Waals surface area contributed by atoms with Crippen LogP contribution in [0.2, 0.25) is 0 Å². The number of fused-ring (bicyclic) bond motifs is 1. The first-order chi connectivity index (χ1) is 11.9. The van der Waals surface area contributed by atoms with Crippen LogP contribution < -0.4 is 5.73 Å². The summed E-state index contributed by atoms with van der Waals surface area (Å²) in [6.07, 6.45) is 5.07. The van der Waals surface area contributed by atoms with Gasteiger partial charge in [0.2, 0.25) is 0 Å². The Hall–Kier alpha value is -1.55. The van der Waals surface area contributed by atoms with Crippen molar-refractivity contribution in [1.82, 2.24) is 0 Å². The minimum Gasteiger partial charge on any atom is -0.316 e. The van der Waals surface area contributed by atoms with E-state index >= 15 is 0 Å². The number of hydrogen-bond donors (Lipinski definition) is 1. The summed E-state index contributed by atoms with van der Waals surface area (Å²) in [4.78, 5) is 0. The molecule has 0 aliphatic rings. The molecule has 1 nitrogen and oxygen atoms in total. The number of benzene rings is 2. The first-order valence-electron chi connectivity index (χ1n) is 9.27. The molecule has 0 aliphatic carbocycles. The molecule has 0 aromatic heterocycles. The van der Waals surface area contributed by atoms with Crippen molar-refractivity contribution < 1.29 is 13.2 Å². The fourth-order valence-electron chi connectivity index (χ4n) is 3.23. The quantitative estimate of drug-likeness (QED) is 0.500. The van der Waals surface area contributed by atoms with Gasteiger partial charge in [-0.2, -0.15) is 13.2 Å². The molecule has 138 valence electrons. The summed E-state index contributed by atoms with van der Waals surface area (Å²) in [6.45, 7) is 2.21. The van der Waals surface area contributed by atoms with Gasteiger partial charge in [-0.25, -0.2) is 0 Å². The fraction of sp³-hybridized carbons (Fsp3) is 0.524. The Balaban J connectivity index is 2.04. The minimum atomic E-state index is -4.42. The SMILES string of the molecule is CCCCCCCCCc1cccc2ccc([C@H](N)C(F)(F)F)cc12. The second-order valence-electron chi connectivity index (χ2n) is 6.79. The first kappa shape index (κ1) is 19.8. The van der Waals surface area contributed by atoms with Gasteiger partial charge in [0, 0.05) is 0 Å². The van der Waals surface area contributed by atoms with Gasteiger partial charge in [0.05, 0.1) is 0 Å². The Morgan fingerprint density at radius 1 is 0.920 bits per heavy atom. The molecule has 0 bridgehead atoms. The maximum Gasteiger partial charge on any atom is 0.407 e. The predicted molar refractivity (Wildman–Crippen MR) is 98.6 cm³/mol. The summed E-state index contributed by atoms with van der Waals surface area (Å²) in [7, 11) is 0. The minimum absolute atomic E-state index is 0.131. The molecule has 1 atom stereocenters. The van der Waals surface area contributed by atoms with Gasteiger partial charge in [0.1, 0.15) is 6.04 Å². The average molecular weight is 351 g/mol. The van der Waals surface area contributed by atoms with Crippen LogP contribution in [0.15, 0.2) is 36.4 Å². The maximum absolute atomic E-state index is 12.9. The highest BCUT2D eigenvalue weighted by Gasteiger charge is 2.37. The lowest BCUT2D eigenvalue weighted by molar-refractivity contribution is -0.149. The van der Waals surface area contributed by atoms with Gasteiger partial charge in [0.15, 0.2) is 0 Å². The number of nitrogens with two attached hydrogens (primary N) is 1. The van der Waals surface area contributed by atoms with Crippen molar-refractivity contribution in [2.75, 3.05) is 0 Å². The first-order valence-corrected chi connectivity index (χ1v) is 9.27. The van der Waals surface area contributed by atoms with Crippen LogP contribution in [0.1, 0.15) is 69.0 Å². The zero-order valence-corrected chi connectivity index (χ0v) is 14.9. The molecule has 2 aromatic carbocycles. The van der Waals surface area contributed by atoms with Gasteiger partial charge in [0.25, 0.3) is 0 Å². The molecular formula is C21H28F3N. The fourth-order valence-corrected chi connectivity index (χ4v) is 3.23. The van der Waals surface area contributed by atoms with Gasteiger partial charge in [-0.1, -0.05) is 75.8 Å². The zero-order valence-electron chi connectivity index (χ0n) is 14.9. The van der Waals surface area contributed by atoms with Crippen molar-refractivity contribution in [3.05, 3.63) is 47.5 Å². The summed E-state index contributed by atoms with van der Waals surface area (Å²) in [5.41, 5.74) is 6.61. The number of aryl methyl sites for hydroxylation is 1. The predicted octanol–water partition coefficient (Wildman–Crippen LogP) is 6.70. The van der Waals surface area contributed by atoms with Crippen molar-refractivity contribution >= 4 is 10.8 Å². The molecule has 0 aliphatic heterocycles. The Kier molecular flexibility index (Phi) is 7.30. The number of alkyl halides is 3. The highest BCUT2D eigenvalue weighted by Crippen LogP contribution is 2.32. The van der Waals surface area contributed by atoms with Gasteiger partial charge in [-0.15, -0.1) is 0 Å². The third-order valence-corrected chi connectivity index (χ3v) is 4.76. The van der Waals surface area contributed by atoms with E-state index in [1.165, 1.54) is 44.6 Å². The lowest BCUT2D eigenvalue weighted by Crippen LogP contribution is -2.28. The van der Waals surface area contributed by atoms with E-state index in [2.05, 4.69) is 6.92 Å². The second kappa shape index (κ2) is 9.23.